The van der Waals surface area contributed by atoms with E-state index in [1.165, 1.54) is 17.1 Å². The molecular weight excluding hydrogens is 433 g/mol. The second-order valence-electron chi connectivity index (χ2n) is 8.41. The lowest BCUT2D eigenvalue weighted by molar-refractivity contribution is -0.141. The number of pyridine rings is 1. The van der Waals surface area contributed by atoms with Crippen LogP contribution in [0.3, 0.4) is 0 Å². The van der Waals surface area contributed by atoms with Crippen molar-refractivity contribution in [3.63, 3.8) is 0 Å². The predicted molar refractivity (Wildman–Crippen MR) is 107 cm³/mol. The van der Waals surface area contributed by atoms with Crippen LogP contribution in [0.4, 0.5) is 33.6 Å². The highest BCUT2D eigenvalue weighted by Gasteiger charge is 2.44. The highest BCUT2D eigenvalue weighted by atomic mass is 19.4. The van der Waals surface area contributed by atoms with Crippen molar-refractivity contribution in [2.45, 2.75) is 32.0 Å². The molecule has 1 unspecified atom stereocenters. The topological polar surface area (TPSA) is 63.0 Å². The van der Waals surface area contributed by atoms with Crippen molar-refractivity contribution in [1.82, 2.24) is 24.7 Å². The largest absolute Gasteiger partial charge is 0.433 e. The third-order valence-corrected chi connectivity index (χ3v) is 6.23. The maximum Gasteiger partial charge on any atom is 0.433 e. The van der Waals surface area contributed by atoms with Crippen molar-refractivity contribution < 1.29 is 22.0 Å². The Hall–Kier alpha value is -3.05. The zero-order valence-electron chi connectivity index (χ0n) is 16.9. The first-order valence-corrected chi connectivity index (χ1v) is 10.2. The van der Waals surface area contributed by atoms with Gasteiger partial charge in [0.2, 0.25) is 5.95 Å². The van der Waals surface area contributed by atoms with Crippen LogP contribution in [0.15, 0.2) is 30.7 Å². The molecule has 2 fully saturated rings. The van der Waals surface area contributed by atoms with Crippen molar-refractivity contribution in [2.75, 3.05) is 36.0 Å². The van der Waals surface area contributed by atoms with Gasteiger partial charge in [-0.05, 0) is 25.0 Å². The summed E-state index contributed by atoms with van der Waals surface area (Å²) < 4.78 is 65.9. The SMILES string of the molecule is FC(F)Cn1ncc2cnc(N3CCC4(CCN(c5ccnc(C(F)(F)F)c5)C4)C3)nc21. The minimum absolute atomic E-state index is 0.0940. The van der Waals surface area contributed by atoms with Gasteiger partial charge in [0, 0.05) is 49.7 Å². The van der Waals surface area contributed by atoms with Crippen molar-refractivity contribution in [3.8, 4) is 0 Å². The molecule has 1 spiro atoms. The van der Waals surface area contributed by atoms with Gasteiger partial charge in [0.25, 0.3) is 6.43 Å². The zero-order chi connectivity index (χ0) is 22.5. The molecule has 5 rings (SSSR count). The summed E-state index contributed by atoms with van der Waals surface area (Å²) in [5.41, 5.74) is -0.119. The maximum absolute atomic E-state index is 13.0. The number of fused-ring (bicyclic) bond motifs is 1. The third-order valence-electron chi connectivity index (χ3n) is 6.23. The van der Waals surface area contributed by atoms with Gasteiger partial charge in [-0.25, -0.2) is 18.4 Å². The quantitative estimate of drug-likeness (QED) is 0.563. The Morgan fingerprint density at radius 3 is 2.53 bits per heavy atom. The third kappa shape index (κ3) is 3.82. The summed E-state index contributed by atoms with van der Waals surface area (Å²) in [4.78, 5) is 16.3. The molecule has 0 aliphatic carbocycles. The molecule has 3 aromatic rings. The van der Waals surface area contributed by atoms with Crippen LogP contribution in [-0.2, 0) is 12.7 Å². The molecule has 5 heterocycles. The Kier molecular flexibility index (Phi) is 4.90. The highest BCUT2D eigenvalue weighted by Crippen LogP contribution is 2.42. The molecule has 2 aliphatic rings. The molecule has 0 saturated carbocycles. The molecule has 3 aromatic heterocycles. The van der Waals surface area contributed by atoms with E-state index in [2.05, 4.69) is 20.1 Å². The van der Waals surface area contributed by atoms with Gasteiger partial charge in [-0.1, -0.05) is 0 Å². The van der Waals surface area contributed by atoms with E-state index < -0.39 is 24.8 Å². The summed E-state index contributed by atoms with van der Waals surface area (Å²) in [7, 11) is 0. The smallest absolute Gasteiger partial charge is 0.371 e. The second-order valence-corrected chi connectivity index (χ2v) is 8.41. The van der Waals surface area contributed by atoms with E-state index in [9.17, 15) is 22.0 Å². The average Bonchev–Trinajstić information content (AvgIpc) is 3.47. The van der Waals surface area contributed by atoms with Gasteiger partial charge >= 0.3 is 6.18 Å². The summed E-state index contributed by atoms with van der Waals surface area (Å²) >= 11 is 0. The number of alkyl halides is 5. The predicted octanol–water partition coefficient (Wildman–Crippen LogP) is 3.61. The van der Waals surface area contributed by atoms with Crippen molar-refractivity contribution >= 4 is 22.7 Å². The number of aromatic nitrogens is 5. The molecule has 0 radical (unpaired) electrons. The lowest BCUT2D eigenvalue weighted by atomic mass is 9.86. The number of anilines is 2. The molecule has 0 amide bonds. The summed E-state index contributed by atoms with van der Waals surface area (Å²) in [6.45, 7) is 2.07. The highest BCUT2D eigenvalue weighted by molar-refractivity contribution is 5.74. The van der Waals surface area contributed by atoms with Crippen LogP contribution in [0.25, 0.3) is 11.0 Å². The molecule has 0 aromatic carbocycles. The molecule has 32 heavy (non-hydrogen) atoms. The van der Waals surface area contributed by atoms with E-state index in [0.717, 1.165) is 18.9 Å². The van der Waals surface area contributed by atoms with Gasteiger partial charge in [0.15, 0.2) is 5.65 Å². The zero-order valence-corrected chi connectivity index (χ0v) is 16.9. The van der Waals surface area contributed by atoms with E-state index in [4.69, 9.17) is 0 Å². The first-order valence-electron chi connectivity index (χ1n) is 10.2. The van der Waals surface area contributed by atoms with E-state index in [-0.39, 0.29) is 5.41 Å². The molecule has 7 nitrogen and oxygen atoms in total. The maximum atomic E-state index is 13.0. The Morgan fingerprint density at radius 2 is 1.78 bits per heavy atom. The molecule has 0 bridgehead atoms. The van der Waals surface area contributed by atoms with Gasteiger partial charge in [-0.2, -0.15) is 23.3 Å². The van der Waals surface area contributed by atoms with E-state index in [0.29, 0.717) is 48.8 Å². The Morgan fingerprint density at radius 1 is 1.03 bits per heavy atom. The van der Waals surface area contributed by atoms with E-state index in [1.807, 2.05) is 9.80 Å². The molecular formula is C20H20F5N7. The molecule has 0 N–H and O–H groups in total. The van der Waals surface area contributed by atoms with Crippen LogP contribution in [0.2, 0.25) is 0 Å². The monoisotopic (exact) mass is 453 g/mol. The average molecular weight is 453 g/mol. The van der Waals surface area contributed by atoms with Crippen LogP contribution >= 0.6 is 0 Å². The summed E-state index contributed by atoms with van der Waals surface area (Å²) in [5, 5.41) is 4.56. The lowest BCUT2D eigenvalue weighted by Gasteiger charge is -2.25. The number of hydrogen-bond donors (Lipinski definition) is 0. The molecule has 1 atom stereocenters. The van der Waals surface area contributed by atoms with Crippen LogP contribution in [0, 0.1) is 5.41 Å². The summed E-state index contributed by atoms with van der Waals surface area (Å²) in [6, 6.07) is 2.69. The summed E-state index contributed by atoms with van der Waals surface area (Å²) in [6.07, 6.45) is -1.11. The number of halogens is 5. The number of rotatable bonds is 4. The Bertz CT molecular complexity index is 1130. The van der Waals surface area contributed by atoms with Crippen LogP contribution < -0.4 is 9.80 Å². The second kappa shape index (κ2) is 7.52. The minimum atomic E-state index is -4.48. The summed E-state index contributed by atoms with van der Waals surface area (Å²) in [5.74, 6) is 0.451. The van der Waals surface area contributed by atoms with Gasteiger partial charge in [0.05, 0.1) is 11.6 Å². The van der Waals surface area contributed by atoms with Crippen molar-refractivity contribution in [3.05, 3.63) is 36.4 Å². The Balaban J connectivity index is 1.33. The minimum Gasteiger partial charge on any atom is -0.371 e. The fraction of sp³-hybridized carbons (Fsp3) is 0.500. The van der Waals surface area contributed by atoms with Crippen LogP contribution in [0.5, 0.6) is 0 Å². The number of nitrogens with zero attached hydrogens (tertiary/aromatic N) is 7. The normalized spacial score (nSPS) is 21.6. The first kappa shape index (κ1) is 20.8. The van der Waals surface area contributed by atoms with Crippen LogP contribution in [0.1, 0.15) is 18.5 Å². The molecule has 12 heteroatoms. The number of hydrogen-bond acceptors (Lipinski definition) is 6. The standard InChI is InChI=1S/C20H20F5N7/c21-16(22)10-32-17-13(9-28-32)8-27-18(29-17)31-6-3-19(12-31)2-5-30(11-19)14-1-4-26-15(7-14)20(23,24)25/h1,4,7-9,16H,2-3,5-6,10-12H2. The molecule has 2 saturated heterocycles. The van der Waals surface area contributed by atoms with Gasteiger partial charge in [-0.3, -0.25) is 4.98 Å². The fourth-order valence-electron chi connectivity index (χ4n) is 4.64. The molecule has 170 valence electrons. The van der Waals surface area contributed by atoms with Crippen molar-refractivity contribution in [2.24, 2.45) is 5.41 Å². The lowest BCUT2D eigenvalue weighted by Crippen LogP contribution is -2.31. The van der Waals surface area contributed by atoms with Gasteiger partial charge < -0.3 is 9.80 Å². The fourth-order valence-corrected chi connectivity index (χ4v) is 4.64. The van der Waals surface area contributed by atoms with Gasteiger partial charge in [-0.15, -0.1) is 0 Å². The Labute approximate surface area is 179 Å². The van der Waals surface area contributed by atoms with Gasteiger partial charge in [0.1, 0.15) is 12.2 Å². The van der Waals surface area contributed by atoms with Crippen molar-refractivity contribution in [1.29, 1.82) is 0 Å². The van der Waals surface area contributed by atoms with E-state index >= 15 is 0 Å². The molecule has 2 aliphatic heterocycles. The van der Waals surface area contributed by atoms with Crippen LogP contribution in [-0.4, -0.2) is 57.3 Å². The first-order chi connectivity index (χ1) is 15.2. The van der Waals surface area contributed by atoms with E-state index in [1.54, 1.807) is 12.3 Å².